The molecule has 0 radical (unpaired) electrons. The zero-order valence-electron chi connectivity index (χ0n) is 23.4. The van der Waals surface area contributed by atoms with Crippen LogP contribution in [-0.4, -0.2) is 71.7 Å². The SMILES string of the molecule is O=C(O[C@H]1C[N+]2(CCCOc3ccc(CO)cc3)CCC1CC2)[C@](O)(c1cccs1)C1CCCC1.O=C([O-])C(F)(F)F. The van der Waals surface area contributed by atoms with E-state index in [9.17, 15) is 28.2 Å². The predicted octanol–water partition coefficient (Wildman–Crippen LogP) is 3.54. The van der Waals surface area contributed by atoms with Crippen LogP contribution in [0.1, 0.15) is 55.4 Å². The molecule has 3 saturated heterocycles. The molecule has 1 saturated carbocycles. The predicted molar refractivity (Wildman–Crippen MR) is 146 cm³/mol. The fraction of sp³-hybridized carbons (Fsp3) is 0.600. The molecule has 2 N–H and O–H groups in total. The molecule has 0 unspecified atom stereocenters. The number of esters is 1. The van der Waals surface area contributed by atoms with Gasteiger partial charge in [-0.1, -0.05) is 31.0 Å². The minimum Gasteiger partial charge on any atom is -0.542 e. The fourth-order valence-electron chi connectivity index (χ4n) is 6.48. The van der Waals surface area contributed by atoms with Crippen LogP contribution in [-0.2, 0) is 26.5 Å². The Morgan fingerprint density at radius 3 is 2.24 bits per heavy atom. The summed E-state index contributed by atoms with van der Waals surface area (Å²) >= 11 is 1.45. The van der Waals surface area contributed by atoms with Gasteiger partial charge in [-0.05, 0) is 42.0 Å². The minimum atomic E-state index is -5.19. The first-order valence-electron chi connectivity index (χ1n) is 14.4. The molecule has 1 aromatic carbocycles. The Labute approximate surface area is 247 Å². The van der Waals surface area contributed by atoms with E-state index in [-0.39, 0.29) is 18.6 Å². The molecule has 2 atom stereocenters. The summed E-state index contributed by atoms with van der Waals surface area (Å²) in [4.78, 5) is 23.1. The van der Waals surface area contributed by atoms with Gasteiger partial charge in [0.15, 0.2) is 11.7 Å². The van der Waals surface area contributed by atoms with Gasteiger partial charge in [0.05, 0.1) is 32.8 Å². The van der Waals surface area contributed by atoms with Gasteiger partial charge >= 0.3 is 12.1 Å². The highest BCUT2D eigenvalue weighted by atomic mass is 32.1. The number of thiophene rings is 1. The van der Waals surface area contributed by atoms with Crippen molar-refractivity contribution < 1.29 is 52.0 Å². The van der Waals surface area contributed by atoms with Crippen LogP contribution in [0.25, 0.3) is 0 Å². The second-order valence-electron chi connectivity index (χ2n) is 11.5. The number of carboxylic acid groups (broad SMARTS) is 1. The molecule has 2 aromatic rings. The van der Waals surface area contributed by atoms with Crippen molar-refractivity contribution in [2.75, 3.05) is 32.8 Å². The van der Waals surface area contributed by atoms with Crippen LogP contribution in [0.15, 0.2) is 41.8 Å². The second-order valence-corrected chi connectivity index (χ2v) is 12.4. The average Bonchev–Trinajstić information content (AvgIpc) is 3.72. The number of hydrogen-bond donors (Lipinski definition) is 2. The molecule has 8 nitrogen and oxygen atoms in total. The van der Waals surface area contributed by atoms with Crippen LogP contribution in [0.3, 0.4) is 0 Å². The first-order valence-corrected chi connectivity index (χ1v) is 15.3. The van der Waals surface area contributed by atoms with Crippen molar-refractivity contribution in [3.05, 3.63) is 52.2 Å². The van der Waals surface area contributed by atoms with Gasteiger partial charge in [0.2, 0.25) is 0 Å². The summed E-state index contributed by atoms with van der Waals surface area (Å²) in [6, 6.07) is 11.4. The molecule has 42 heavy (non-hydrogen) atoms. The Balaban J connectivity index is 0.000000517. The van der Waals surface area contributed by atoms with Crippen LogP contribution in [0, 0.1) is 11.8 Å². The number of aliphatic hydroxyl groups is 2. The van der Waals surface area contributed by atoms with E-state index in [0.717, 1.165) is 91.8 Å². The third-order valence-corrected chi connectivity index (χ3v) is 9.83. The summed E-state index contributed by atoms with van der Waals surface area (Å²) in [7, 11) is 0. The highest BCUT2D eigenvalue weighted by Gasteiger charge is 2.53. The standard InChI is InChI=1S/C28H38NO5S.C2HF3O2/c30-20-21-8-10-24(11-9-21)33-17-4-14-29-15-12-22(13-16-29)25(19-29)34-27(31)28(32,23-5-1-2-6-23)26-7-3-18-35-26;3-2(4,5)1(6)7/h3,7-11,18,22-23,25,30,32H,1-2,4-6,12-17,19-20H2;(H,6,7)/q+1;/p-1/t22?,25-,28+,29?;/m0./s1. The number of piperidine rings is 3. The molecule has 2 bridgehead atoms. The molecule has 1 aromatic heterocycles. The zero-order valence-corrected chi connectivity index (χ0v) is 24.2. The molecule has 0 spiro atoms. The lowest BCUT2D eigenvalue weighted by atomic mass is 9.82. The Morgan fingerprint density at radius 2 is 1.69 bits per heavy atom. The van der Waals surface area contributed by atoms with Gasteiger partial charge in [-0.25, -0.2) is 4.79 Å². The van der Waals surface area contributed by atoms with Crippen LogP contribution in [0.5, 0.6) is 5.75 Å². The fourth-order valence-corrected chi connectivity index (χ4v) is 7.38. The van der Waals surface area contributed by atoms with E-state index in [2.05, 4.69) is 0 Å². The summed E-state index contributed by atoms with van der Waals surface area (Å²) in [5.74, 6) is -2.27. The summed E-state index contributed by atoms with van der Waals surface area (Å²) in [6.07, 6.45) is 1.64. The summed E-state index contributed by atoms with van der Waals surface area (Å²) < 4.78 is 44.6. The molecular formula is C30H38F3NO7S. The van der Waals surface area contributed by atoms with Gasteiger partial charge in [-0.15, -0.1) is 11.3 Å². The Kier molecular flexibility index (Phi) is 10.6. The molecule has 0 amide bonds. The summed E-state index contributed by atoms with van der Waals surface area (Å²) in [5, 5.41) is 31.6. The Bertz CT molecular complexity index is 1160. The van der Waals surface area contributed by atoms with Crippen molar-refractivity contribution in [1.82, 2.24) is 0 Å². The van der Waals surface area contributed by atoms with E-state index < -0.39 is 23.7 Å². The molecule has 232 valence electrons. The highest BCUT2D eigenvalue weighted by molar-refractivity contribution is 7.10. The lowest BCUT2D eigenvalue weighted by Gasteiger charge is -2.52. The number of aliphatic carboxylic acids is 1. The first-order chi connectivity index (χ1) is 20.0. The number of carbonyl (C=O) groups excluding carboxylic acids is 2. The third kappa shape index (κ3) is 7.64. The summed E-state index contributed by atoms with van der Waals surface area (Å²) in [5.41, 5.74) is -0.632. The molecule has 4 heterocycles. The van der Waals surface area contributed by atoms with Gasteiger partial charge in [-0.2, -0.15) is 13.2 Å². The molecule has 6 rings (SSSR count). The Morgan fingerprint density at radius 1 is 1.05 bits per heavy atom. The smallest absolute Gasteiger partial charge is 0.430 e. The number of nitrogens with zero attached hydrogens (tertiary/aromatic N) is 1. The molecule has 12 heteroatoms. The number of carboxylic acids is 1. The van der Waals surface area contributed by atoms with Gasteiger partial charge in [0.1, 0.15) is 18.3 Å². The van der Waals surface area contributed by atoms with E-state index in [1.807, 2.05) is 41.8 Å². The van der Waals surface area contributed by atoms with Crippen LogP contribution in [0.4, 0.5) is 13.2 Å². The number of quaternary nitrogens is 1. The van der Waals surface area contributed by atoms with Crippen molar-refractivity contribution in [1.29, 1.82) is 0 Å². The number of aliphatic hydroxyl groups excluding tert-OH is 1. The second kappa shape index (κ2) is 13.7. The van der Waals surface area contributed by atoms with E-state index in [0.29, 0.717) is 12.5 Å². The zero-order chi connectivity index (χ0) is 30.4. The maximum Gasteiger partial charge on any atom is 0.430 e. The lowest BCUT2D eigenvalue weighted by molar-refractivity contribution is -0.946. The number of alkyl halides is 3. The largest absolute Gasteiger partial charge is 0.542 e. The number of hydrogen-bond acceptors (Lipinski definition) is 8. The molecule has 1 aliphatic carbocycles. The van der Waals surface area contributed by atoms with Crippen molar-refractivity contribution in [3.63, 3.8) is 0 Å². The lowest BCUT2D eigenvalue weighted by Crippen LogP contribution is -2.65. The highest BCUT2D eigenvalue weighted by Crippen LogP contribution is 2.44. The van der Waals surface area contributed by atoms with Gasteiger partial charge < -0.3 is 34.1 Å². The minimum absolute atomic E-state index is 0.0401. The normalized spacial score (nSPS) is 25.3. The third-order valence-electron chi connectivity index (χ3n) is 8.84. The van der Waals surface area contributed by atoms with Crippen LogP contribution < -0.4 is 9.84 Å². The van der Waals surface area contributed by atoms with Crippen molar-refractivity contribution in [3.8, 4) is 5.75 Å². The quantitative estimate of drug-likeness (QED) is 0.239. The van der Waals surface area contributed by atoms with E-state index in [4.69, 9.17) is 19.4 Å². The first kappa shape index (κ1) is 32.2. The van der Waals surface area contributed by atoms with E-state index in [1.165, 1.54) is 11.3 Å². The molecule has 3 aliphatic heterocycles. The van der Waals surface area contributed by atoms with Crippen molar-refractivity contribution >= 4 is 23.3 Å². The van der Waals surface area contributed by atoms with Gasteiger partial charge in [0, 0.05) is 36.0 Å². The van der Waals surface area contributed by atoms with Gasteiger partial charge in [0.25, 0.3) is 0 Å². The average molecular weight is 614 g/mol. The molecule has 4 aliphatic rings. The maximum atomic E-state index is 13.6. The van der Waals surface area contributed by atoms with Gasteiger partial charge in [-0.3, -0.25) is 0 Å². The van der Waals surface area contributed by atoms with Crippen LogP contribution >= 0.6 is 11.3 Å². The monoisotopic (exact) mass is 613 g/mol. The Hall–Kier alpha value is -2.67. The van der Waals surface area contributed by atoms with E-state index >= 15 is 0 Å². The van der Waals surface area contributed by atoms with E-state index in [1.54, 1.807) is 0 Å². The maximum absolute atomic E-state index is 13.6. The molecule has 4 fully saturated rings. The summed E-state index contributed by atoms with van der Waals surface area (Å²) in [6.45, 7) is 4.79. The topological polar surface area (TPSA) is 116 Å². The van der Waals surface area contributed by atoms with Crippen LogP contribution in [0.2, 0.25) is 0 Å². The molecular weight excluding hydrogens is 575 g/mol. The number of ether oxygens (including phenoxy) is 2. The number of benzene rings is 1. The number of halogens is 3. The number of rotatable bonds is 10. The number of fused-ring (bicyclic) bond motifs is 3. The number of carbonyl (C=O) groups is 2. The van der Waals surface area contributed by atoms with Crippen molar-refractivity contribution in [2.24, 2.45) is 11.8 Å². The van der Waals surface area contributed by atoms with Crippen molar-refractivity contribution in [2.45, 2.75) is 69.4 Å².